The van der Waals surface area contributed by atoms with Crippen LogP contribution < -0.4 is 5.73 Å². The summed E-state index contributed by atoms with van der Waals surface area (Å²) < 4.78 is 25.6. The zero-order valence-electron chi connectivity index (χ0n) is 7.81. The molecule has 2 saturated carbocycles. The summed E-state index contributed by atoms with van der Waals surface area (Å²) >= 11 is 0. The molecule has 0 amide bonds. The minimum atomic E-state index is -2.21. The second-order valence-electron chi connectivity index (χ2n) is 4.64. The molecule has 0 aromatic carbocycles. The number of hydrogen-bond donors (Lipinski definition) is 1. The van der Waals surface area contributed by atoms with Crippen LogP contribution in [0.1, 0.15) is 38.5 Å². The smallest absolute Gasteiger partial charge is 0.243 e. The molecule has 0 bridgehead atoms. The van der Waals surface area contributed by atoms with Crippen molar-refractivity contribution < 1.29 is 8.78 Å². The highest BCUT2D eigenvalue weighted by atomic mass is 19.3. The maximum Gasteiger partial charge on any atom is 0.243 e. The molecule has 13 heavy (non-hydrogen) atoms. The van der Waals surface area contributed by atoms with Crippen LogP contribution in [-0.4, -0.2) is 12.0 Å². The molecule has 2 N–H and O–H groups in total. The van der Waals surface area contributed by atoms with Gasteiger partial charge in [-0.1, -0.05) is 12.8 Å². The van der Waals surface area contributed by atoms with Gasteiger partial charge in [0.2, 0.25) is 6.43 Å². The maximum atomic E-state index is 12.8. The fourth-order valence-electron chi connectivity index (χ4n) is 2.72. The molecule has 0 radical (unpaired) electrons. The monoisotopic (exact) mass is 189 g/mol. The molecule has 0 aromatic rings. The first-order valence-corrected chi connectivity index (χ1v) is 5.20. The van der Waals surface area contributed by atoms with Crippen LogP contribution in [0.4, 0.5) is 8.78 Å². The molecule has 0 saturated heterocycles. The quantitative estimate of drug-likeness (QED) is 0.725. The molecule has 1 unspecified atom stereocenters. The van der Waals surface area contributed by atoms with E-state index in [4.69, 9.17) is 5.73 Å². The number of hydrogen-bond acceptors (Lipinski definition) is 1. The number of rotatable bonds is 3. The van der Waals surface area contributed by atoms with Gasteiger partial charge in [0, 0.05) is 11.5 Å². The Bertz CT molecular complexity index is 183. The molecule has 1 nitrogen and oxygen atoms in total. The second kappa shape index (κ2) is 3.19. The van der Waals surface area contributed by atoms with Crippen LogP contribution in [0.15, 0.2) is 0 Å². The van der Waals surface area contributed by atoms with E-state index in [1.54, 1.807) is 0 Å². The zero-order valence-corrected chi connectivity index (χ0v) is 7.81. The first-order valence-electron chi connectivity index (χ1n) is 5.20. The van der Waals surface area contributed by atoms with E-state index >= 15 is 0 Å². The molecular formula is C10H17F2N. The largest absolute Gasteiger partial charge is 0.325 e. The lowest BCUT2D eigenvalue weighted by Gasteiger charge is -2.28. The van der Waals surface area contributed by atoms with Crippen molar-refractivity contribution in [2.24, 2.45) is 17.6 Å². The summed E-state index contributed by atoms with van der Waals surface area (Å²) in [5, 5.41) is 0. The van der Waals surface area contributed by atoms with Crippen molar-refractivity contribution in [3.8, 4) is 0 Å². The third-order valence-corrected chi connectivity index (χ3v) is 3.67. The fourth-order valence-corrected chi connectivity index (χ4v) is 2.72. The van der Waals surface area contributed by atoms with Gasteiger partial charge in [0.25, 0.3) is 0 Å². The average Bonchev–Trinajstić information content (AvgIpc) is 2.62. The highest BCUT2D eigenvalue weighted by Gasteiger charge is 2.53. The first kappa shape index (κ1) is 9.38. The summed E-state index contributed by atoms with van der Waals surface area (Å²) in [7, 11) is 0. The Morgan fingerprint density at radius 2 is 1.69 bits per heavy atom. The summed E-state index contributed by atoms with van der Waals surface area (Å²) in [5.74, 6) is -0.317. The summed E-state index contributed by atoms with van der Waals surface area (Å²) in [6.45, 7) is 0. The highest BCUT2D eigenvalue weighted by molar-refractivity contribution is 5.07. The molecule has 0 heterocycles. The van der Waals surface area contributed by atoms with Crippen molar-refractivity contribution in [3.63, 3.8) is 0 Å². The van der Waals surface area contributed by atoms with Crippen molar-refractivity contribution >= 4 is 0 Å². The van der Waals surface area contributed by atoms with Crippen LogP contribution in [-0.2, 0) is 0 Å². The molecule has 3 heteroatoms. The molecule has 2 aliphatic rings. The van der Waals surface area contributed by atoms with E-state index in [1.807, 2.05) is 0 Å². The SMILES string of the molecule is NC1(C(C(F)F)C2CCCC2)CC1. The van der Waals surface area contributed by atoms with Gasteiger partial charge in [-0.25, -0.2) is 8.78 Å². The van der Waals surface area contributed by atoms with E-state index in [2.05, 4.69) is 0 Å². The third-order valence-electron chi connectivity index (χ3n) is 3.67. The van der Waals surface area contributed by atoms with Crippen molar-refractivity contribution in [2.75, 3.05) is 0 Å². The van der Waals surface area contributed by atoms with Gasteiger partial charge in [0.1, 0.15) is 0 Å². The maximum absolute atomic E-state index is 12.8. The van der Waals surface area contributed by atoms with Crippen LogP contribution in [0.2, 0.25) is 0 Å². The average molecular weight is 189 g/mol. The summed E-state index contributed by atoms with van der Waals surface area (Å²) in [5.41, 5.74) is 5.39. The van der Waals surface area contributed by atoms with Gasteiger partial charge < -0.3 is 5.73 Å². The lowest BCUT2D eigenvalue weighted by atomic mass is 9.83. The molecule has 0 aromatic heterocycles. The first-order chi connectivity index (χ1) is 6.13. The Hall–Kier alpha value is -0.180. The molecule has 2 aliphatic carbocycles. The molecule has 2 fully saturated rings. The normalized spacial score (nSPS) is 29.5. The van der Waals surface area contributed by atoms with Crippen LogP contribution in [0, 0.1) is 11.8 Å². The van der Waals surface area contributed by atoms with Crippen LogP contribution >= 0.6 is 0 Å². The van der Waals surface area contributed by atoms with Crippen molar-refractivity contribution in [1.82, 2.24) is 0 Å². The molecular weight excluding hydrogens is 172 g/mol. The van der Waals surface area contributed by atoms with E-state index in [1.165, 1.54) is 0 Å². The van der Waals surface area contributed by atoms with Gasteiger partial charge in [-0.05, 0) is 31.6 Å². The van der Waals surface area contributed by atoms with E-state index < -0.39 is 17.9 Å². The number of nitrogens with two attached hydrogens (primary N) is 1. The van der Waals surface area contributed by atoms with Gasteiger partial charge in [-0.15, -0.1) is 0 Å². The zero-order chi connectivity index (χ0) is 9.47. The topological polar surface area (TPSA) is 26.0 Å². The molecule has 76 valence electrons. The Balaban J connectivity index is 2.04. The van der Waals surface area contributed by atoms with Crippen molar-refractivity contribution in [1.29, 1.82) is 0 Å². The summed E-state index contributed by atoms with van der Waals surface area (Å²) in [6.07, 6.45) is 3.56. The number of halogens is 2. The minimum absolute atomic E-state index is 0.201. The van der Waals surface area contributed by atoms with E-state index in [0.29, 0.717) is 0 Å². The Kier molecular flexibility index (Phi) is 2.30. The summed E-state index contributed by atoms with van der Waals surface area (Å²) in [4.78, 5) is 0. The van der Waals surface area contributed by atoms with Gasteiger partial charge in [-0.3, -0.25) is 0 Å². The van der Waals surface area contributed by atoms with Crippen LogP contribution in [0.25, 0.3) is 0 Å². The lowest BCUT2D eigenvalue weighted by Crippen LogP contribution is -2.41. The van der Waals surface area contributed by atoms with E-state index in [-0.39, 0.29) is 5.92 Å². The van der Waals surface area contributed by atoms with E-state index in [9.17, 15) is 8.78 Å². The third kappa shape index (κ3) is 1.71. The van der Waals surface area contributed by atoms with Crippen LogP contribution in [0.3, 0.4) is 0 Å². The fraction of sp³-hybridized carbons (Fsp3) is 1.00. The minimum Gasteiger partial charge on any atom is -0.325 e. The molecule has 2 rings (SSSR count). The van der Waals surface area contributed by atoms with E-state index in [0.717, 1.165) is 38.5 Å². The molecule has 1 atom stereocenters. The highest BCUT2D eigenvalue weighted by Crippen LogP contribution is 2.49. The van der Waals surface area contributed by atoms with Crippen molar-refractivity contribution in [2.45, 2.75) is 50.5 Å². The van der Waals surface area contributed by atoms with Crippen LogP contribution in [0.5, 0.6) is 0 Å². The van der Waals surface area contributed by atoms with Gasteiger partial charge in [-0.2, -0.15) is 0 Å². The lowest BCUT2D eigenvalue weighted by molar-refractivity contribution is 0.0233. The van der Waals surface area contributed by atoms with Crippen molar-refractivity contribution in [3.05, 3.63) is 0 Å². The molecule has 0 aliphatic heterocycles. The van der Waals surface area contributed by atoms with Gasteiger partial charge >= 0.3 is 0 Å². The standard InChI is InChI=1S/C10H17F2N/c11-9(12)8(10(13)5-6-10)7-3-1-2-4-7/h7-9H,1-6,13H2. The Morgan fingerprint density at radius 3 is 2.08 bits per heavy atom. The molecule has 0 spiro atoms. The second-order valence-corrected chi connectivity index (χ2v) is 4.64. The predicted molar refractivity (Wildman–Crippen MR) is 47.6 cm³/mol. The predicted octanol–water partition coefficient (Wildman–Crippen LogP) is 2.55. The van der Waals surface area contributed by atoms with Gasteiger partial charge in [0.05, 0.1) is 0 Å². The Labute approximate surface area is 77.7 Å². The van der Waals surface area contributed by atoms with Gasteiger partial charge in [0.15, 0.2) is 0 Å². The number of alkyl halides is 2. The Morgan fingerprint density at radius 1 is 1.15 bits per heavy atom. The summed E-state index contributed by atoms with van der Waals surface area (Å²) in [6, 6.07) is 0.